The summed E-state index contributed by atoms with van der Waals surface area (Å²) in [5.41, 5.74) is 0.388. The first kappa shape index (κ1) is 16.4. The number of benzene rings is 1. The summed E-state index contributed by atoms with van der Waals surface area (Å²) < 4.78 is 45.0. The maximum absolute atomic E-state index is 12.0. The Labute approximate surface area is 125 Å². The number of urea groups is 1. The van der Waals surface area contributed by atoms with Crippen molar-refractivity contribution < 1.29 is 27.4 Å². The maximum Gasteiger partial charge on any atom is 0.573 e. The second-order valence-electron chi connectivity index (χ2n) is 4.96. The number of carbonyl (C=O) groups is 1. The molecule has 1 aliphatic rings. The molecular weight excluding hydrogens is 301 g/mol. The Morgan fingerprint density at radius 2 is 1.86 bits per heavy atom. The van der Waals surface area contributed by atoms with Crippen LogP contribution in [0.2, 0.25) is 0 Å². The van der Waals surface area contributed by atoms with E-state index in [0.29, 0.717) is 31.4 Å². The monoisotopic (exact) mass is 318 g/mol. The molecule has 0 aliphatic carbocycles. The lowest BCUT2D eigenvalue weighted by Crippen LogP contribution is -2.35. The highest BCUT2D eigenvalue weighted by molar-refractivity contribution is 5.89. The SMILES string of the molecule is O=C(NCC1CCOCC1)Nc1ccc(OC(F)(F)F)cc1. The van der Waals surface area contributed by atoms with Gasteiger partial charge in [0.05, 0.1) is 0 Å². The number of halogens is 3. The normalized spacial score (nSPS) is 16.1. The van der Waals surface area contributed by atoms with Crippen molar-refractivity contribution >= 4 is 11.7 Å². The van der Waals surface area contributed by atoms with Gasteiger partial charge >= 0.3 is 12.4 Å². The lowest BCUT2D eigenvalue weighted by molar-refractivity contribution is -0.274. The van der Waals surface area contributed by atoms with E-state index in [4.69, 9.17) is 4.74 Å². The summed E-state index contributed by atoms with van der Waals surface area (Å²) in [5, 5.41) is 5.29. The highest BCUT2D eigenvalue weighted by atomic mass is 19.4. The van der Waals surface area contributed by atoms with E-state index in [1.165, 1.54) is 12.1 Å². The largest absolute Gasteiger partial charge is 0.573 e. The minimum Gasteiger partial charge on any atom is -0.406 e. The molecule has 0 bridgehead atoms. The average molecular weight is 318 g/mol. The number of anilines is 1. The minimum atomic E-state index is -4.73. The summed E-state index contributed by atoms with van der Waals surface area (Å²) in [5.74, 6) is 0.0581. The van der Waals surface area contributed by atoms with Crippen molar-refractivity contribution in [2.24, 2.45) is 5.92 Å². The molecular formula is C14H17F3N2O3. The number of amides is 2. The van der Waals surface area contributed by atoms with Gasteiger partial charge in [0.1, 0.15) is 5.75 Å². The summed E-state index contributed by atoms with van der Waals surface area (Å²) >= 11 is 0. The molecule has 0 spiro atoms. The molecule has 1 fully saturated rings. The Morgan fingerprint density at radius 1 is 1.23 bits per heavy atom. The van der Waals surface area contributed by atoms with E-state index in [1.54, 1.807) is 0 Å². The fraction of sp³-hybridized carbons (Fsp3) is 0.500. The van der Waals surface area contributed by atoms with Crippen molar-refractivity contribution in [3.05, 3.63) is 24.3 Å². The van der Waals surface area contributed by atoms with Crippen LogP contribution in [0.25, 0.3) is 0 Å². The predicted molar refractivity (Wildman–Crippen MR) is 73.7 cm³/mol. The van der Waals surface area contributed by atoms with Crippen molar-refractivity contribution in [3.63, 3.8) is 0 Å². The number of nitrogens with one attached hydrogen (secondary N) is 2. The van der Waals surface area contributed by atoms with Gasteiger partial charge in [0.2, 0.25) is 0 Å². The quantitative estimate of drug-likeness (QED) is 0.896. The third-order valence-electron chi connectivity index (χ3n) is 3.24. The number of alkyl halides is 3. The summed E-state index contributed by atoms with van der Waals surface area (Å²) in [6, 6.07) is 4.57. The summed E-state index contributed by atoms with van der Waals surface area (Å²) in [7, 11) is 0. The van der Waals surface area contributed by atoms with E-state index in [9.17, 15) is 18.0 Å². The highest BCUT2D eigenvalue weighted by Crippen LogP contribution is 2.23. The fourth-order valence-electron chi connectivity index (χ4n) is 2.10. The van der Waals surface area contributed by atoms with Crippen molar-refractivity contribution in [1.29, 1.82) is 0 Å². The smallest absolute Gasteiger partial charge is 0.406 e. The van der Waals surface area contributed by atoms with Crippen molar-refractivity contribution in [1.82, 2.24) is 5.32 Å². The van der Waals surface area contributed by atoms with Crippen molar-refractivity contribution in [3.8, 4) is 5.75 Å². The molecule has 1 saturated heterocycles. The lowest BCUT2D eigenvalue weighted by Gasteiger charge is -2.22. The third kappa shape index (κ3) is 5.80. The van der Waals surface area contributed by atoms with E-state index in [1.807, 2.05) is 0 Å². The Hall–Kier alpha value is -1.96. The average Bonchev–Trinajstić information content (AvgIpc) is 2.47. The molecule has 5 nitrogen and oxygen atoms in total. The second-order valence-corrected chi connectivity index (χ2v) is 4.96. The predicted octanol–water partition coefficient (Wildman–Crippen LogP) is 3.13. The van der Waals surface area contributed by atoms with Gasteiger partial charge in [-0.15, -0.1) is 13.2 Å². The Bertz CT molecular complexity index is 485. The Kier molecular flexibility index (Phi) is 5.48. The van der Waals surface area contributed by atoms with Gasteiger partial charge in [-0.25, -0.2) is 4.79 Å². The Morgan fingerprint density at radius 3 is 2.45 bits per heavy atom. The number of carbonyl (C=O) groups excluding carboxylic acids is 1. The van der Waals surface area contributed by atoms with Crippen LogP contribution < -0.4 is 15.4 Å². The molecule has 2 rings (SSSR count). The lowest BCUT2D eigenvalue weighted by atomic mass is 10.0. The first-order chi connectivity index (χ1) is 10.4. The molecule has 2 amide bonds. The highest BCUT2D eigenvalue weighted by Gasteiger charge is 2.30. The van der Waals surface area contributed by atoms with Crippen LogP contribution >= 0.6 is 0 Å². The van der Waals surface area contributed by atoms with E-state index in [-0.39, 0.29) is 5.75 Å². The summed E-state index contributed by atoms with van der Waals surface area (Å²) in [6.07, 6.45) is -2.91. The third-order valence-corrected chi connectivity index (χ3v) is 3.24. The van der Waals surface area contributed by atoms with E-state index < -0.39 is 12.4 Å². The molecule has 0 atom stereocenters. The molecule has 1 aliphatic heterocycles. The molecule has 0 radical (unpaired) electrons. The summed E-state index contributed by atoms with van der Waals surface area (Å²) in [4.78, 5) is 11.7. The maximum atomic E-state index is 12.0. The molecule has 122 valence electrons. The zero-order valence-corrected chi connectivity index (χ0v) is 11.8. The van der Waals surface area contributed by atoms with Gasteiger partial charge in [0.25, 0.3) is 0 Å². The van der Waals surface area contributed by atoms with Gasteiger partial charge in [-0.2, -0.15) is 0 Å². The van der Waals surface area contributed by atoms with Gasteiger partial charge < -0.3 is 20.1 Å². The van der Waals surface area contributed by atoms with Crippen LogP contribution in [0.5, 0.6) is 5.75 Å². The van der Waals surface area contributed by atoms with E-state index in [0.717, 1.165) is 25.0 Å². The number of ether oxygens (including phenoxy) is 2. The van der Waals surface area contributed by atoms with Crippen molar-refractivity contribution in [2.75, 3.05) is 25.1 Å². The van der Waals surface area contributed by atoms with Gasteiger partial charge in [-0.3, -0.25) is 0 Å². The van der Waals surface area contributed by atoms with E-state index >= 15 is 0 Å². The topological polar surface area (TPSA) is 59.6 Å². The molecule has 1 aromatic carbocycles. The molecule has 0 saturated carbocycles. The summed E-state index contributed by atoms with van der Waals surface area (Å²) in [6.45, 7) is 1.95. The first-order valence-corrected chi connectivity index (χ1v) is 6.91. The molecule has 2 N–H and O–H groups in total. The fourth-order valence-corrected chi connectivity index (χ4v) is 2.10. The molecule has 1 heterocycles. The molecule has 8 heteroatoms. The van der Waals surface area contributed by atoms with Gasteiger partial charge in [-0.1, -0.05) is 0 Å². The zero-order valence-electron chi connectivity index (χ0n) is 11.8. The number of hydrogen-bond donors (Lipinski definition) is 2. The van der Waals surface area contributed by atoms with Crippen LogP contribution in [0, 0.1) is 5.92 Å². The van der Waals surface area contributed by atoms with E-state index in [2.05, 4.69) is 15.4 Å². The molecule has 1 aromatic rings. The van der Waals surface area contributed by atoms with Crippen LogP contribution in [-0.2, 0) is 4.74 Å². The van der Waals surface area contributed by atoms with Crippen LogP contribution in [0.15, 0.2) is 24.3 Å². The van der Waals surface area contributed by atoms with Crippen LogP contribution in [0.4, 0.5) is 23.7 Å². The van der Waals surface area contributed by atoms with Gasteiger partial charge in [0.15, 0.2) is 0 Å². The molecule has 0 aromatic heterocycles. The van der Waals surface area contributed by atoms with Crippen molar-refractivity contribution in [2.45, 2.75) is 19.2 Å². The zero-order chi connectivity index (χ0) is 16.0. The first-order valence-electron chi connectivity index (χ1n) is 6.91. The minimum absolute atomic E-state index is 0.333. The van der Waals surface area contributed by atoms with Crippen LogP contribution in [0.1, 0.15) is 12.8 Å². The molecule has 22 heavy (non-hydrogen) atoms. The van der Waals surface area contributed by atoms with Crippen LogP contribution in [-0.4, -0.2) is 32.2 Å². The van der Waals surface area contributed by atoms with Crippen LogP contribution in [0.3, 0.4) is 0 Å². The standard InChI is InChI=1S/C14H17F3N2O3/c15-14(16,17)22-12-3-1-11(2-4-12)19-13(20)18-9-10-5-7-21-8-6-10/h1-4,10H,5-9H2,(H2,18,19,20). The second kappa shape index (κ2) is 7.35. The Balaban J connectivity index is 1.76. The number of hydrogen-bond acceptors (Lipinski definition) is 3. The van der Waals surface area contributed by atoms with Gasteiger partial charge in [0, 0.05) is 25.4 Å². The molecule has 0 unspecified atom stereocenters. The van der Waals surface area contributed by atoms with Gasteiger partial charge in [-0.05, 0) is 43.0 Å². The number of rotatable bonds is 4.